The minimum Gasteiger partial charge on any atom is -0.487 e. The van der Waals surface area contributed by atoms with E-state index < -0.39 is 24.4 Å². The van der Waals surface area contributed by atoms with E-state index in [4.69, 9.17) is 4.74 Å². The molecular weight excluding hydrogens is 321 g/mol. The Kier molecular flexibility index (Phi) is 4.16. The Balaban J connectivity index is 1.97. The number of halogens is 3. The van der Waals surface area contributed by atoms with E-state index in [1.165, 1.54) is 24.9 Å². The van der Waals surface area contributed by atoms with E-state index in [0.29, 0.717) is 23.3 Å². The fourth-order valence-corrected chi connectivity index (χ4v) is 3.08. The van der Waals surface area contributed by atoms with Crippen molar-refractivity contribution in [2.45, 2.75) is 38.8 Å². The number of carbonyl (C=O) groups is 1. The van der Waals surface area contributed by atoms with Crippen LogP contribution in [0.15, 0.2) is 12.4 Å². The van der Waals surface area contributed by atoms with Gasteiger partial charge in [-0.25, -0.2) is 13.2 Å². The summed E-state index contributed by atoms with van der Waals surface area (Å²) in [5, 5.41) is 0. The molecule has 2 aliphatic heterocycles. The number of ether oxygens (including phenoxy) is 1. The molecule has 0 aromatic carbocycles. The number of aromatic nitrogens is 1. The highest BCUT2D eigenvalue weighted by atomic mass is 19.3. The lowest BCUT2D eigenvalue weighted by Crippen LogP contribution is -2.44. The van der Waals surface area contributed by atoms with E-state index in [-0.39, 0.29) is 18.7 Å². The number of fused-ring (bicyclic) bond motifs is 4. The second-order valence-electron chi connectivity index (χ2n) is 6.51. The number of hydrogen-bond donors (Lipinski definition) is 0. The van der Waals surface area contributed by atoms with Crippen LogP contribution in [0.25, 0.3) is 0 Å². The van der Waals surface area contributed by atoms with Gasteiger partial charge in [0, 0.05) is 24.4 Å². The average molecular weight is 338 g/mol. The molecule has 3 heterocycles. The fourth-order valence-electron chi connectivity index (χ4n) is 3.08. The minimum atomic E-state index is -2.76. The molecule has 0 spiro atoms. The van der Waals surface area contributed by atoms with E-state index in [2.05, 4.69) is 16.8 Å². The number of pyridine rings is 1. The van der Waals surface area contributed by atoms with Crippen molar-refractivity contribution in [2.75, 3.05) is 13.2 Å². The van der Waals surface area contributed by atoms with Crippen LogP contribution in [-0.4, -0.2) is 41.5 Å². The SMILES string of the molecule is CC(C)(C(=O)N1C[C@@H]2C[C@H]1c1cncc(C#CCF)c1O2)C(F)F. The first-order chi connectivity index (χ1) is 11.4. The summed E-state index contributed by atoms with van der Waals surface area (Å²) >= 11 is 0. The Bertz CT molecular complexity index is 724. The van der Waals surface area contributed by atoms with Crippen LogP contribution in [0.4, 0.5) is 13.2 Å². The molecule has 1 aromatic heterocycles. The number of amides is 1. The highest BCUT2D eigenvalue weighted by Gasteiger charge is 2.49. The van der Waals surface area contributed by atoms with Crippen molar-refractivity contribution in [3.8, 4) is 17.6 Å². The average Bonchev–Trinajstić information content (AvgIpc) is 2.90. The zero-order chi connectivity index (χ0) is 17.5. The van der Waals surface area contributed by atoms with E-state index in [1.807, 2.05) is 0 Å². The molecule has 1 aromatic rings. The minimum absolute atomic E-state index is 0.240. The molecule has 7 heteroatoms. The molecule has 1 saturated heterocycles. The van der Waals surface area contributed by atoms with Gasteiger partial charge < -0.3 is 9.64 Å². The zero-order valence-corrected chi connectivity index (χ0v) is 13.4. The highest BCUT2D eigenvalue weighted by molar-refractivity contribution is 5.83. The Hall–Kier alpha value is -2.23. The first-order valence-corrected chi connectivity index (χ1v) is 7.65. The lowest BCUT2D eigenvalue weighted by atomic mass is 9.91. The van der Waals surface area contributed by atoms with Crippen LogP contribution >= 0.6 is 0 Å². The molecule has 0 unspecified atom stereocenters. The lowest BCUT2D eigenvalue weighted by Gasteiger charge is -2.32. The maximum atomic E-state index is 13.2. The predicted molar refractivity (Wildman–Crippen MR) is 80.4 cm³/mol. The molecule has 4 nitrogen and oxygen atoms in total. The molecular formula is C17H17F3N2O2. The van der Waals surface area contributed by atoms with Gasteiger partial charge in [-0.15, -0.1) is 0 Å². The van der Waals surface area contributed by atoms with Gasteiger partial charge in [0.2, 0.25) is 5.91 Å². The Morgan fingerprint density at radius 1 is 1.50 bits per heavy atom. The number of rotatable bonds is 2. The quantitative estimate of drug-likeness (QED) is 0.779. The van der Waals surface area contributed by atoms with Gasteiger partial charge in [0.25, 0.3) is 6.43 Å². The van der Waals surface area contributed by atoms with Gasteiger partial charge in [-0.1, -0.05) is 11.8 Å². The third kappa shape index (κ3) is 2.60. The number of carbonyl (C=O) groups excluding carboxylic acids is 1. The van der Waals surface area contributed by atoms with Crippen molar-refractivity contribution in [3.63, 3.8) is 0 Å². The first kappa shape index (κ1) is 16.6. The van der Waals surface area contributed by atoms with Crippen molar-refractivity contribution in [2.24, 2.45) is 5.41 Å². The second-order valence-corrected chi connectivity index (χ2v) is 6.51. The molecule has 2 aliphatic rings. The van der Waals surface area contributed by atoms with Gasteiger partial charge in [0.15, 0.2) is 6.67 Å². The summed E-state index contributed by atoms with van der Waals surface area (Å²) in [6.07, 6.45) is 0.512. The van der Waals surface area contributed by atoms with Gasteiger partial charge >= 0.3 is 0 Å². The van der Waals surface area contributed by atoms with Gasteiger partial charge in [0.05, 0.1) is 18.2 Å². The van der Waals surface area contributed by atoms with Crippen LogP contribution in [0.1, 0.15) is 37.4 Å². The van der Waals surface area contributed by atoms with Crippen molar-refractivity contribution in [3.05, 3.63) is 23.5 Å². The van der Waals surface area contributed by atoms with Crippen LogP contribution in [0.3, 0.4) is 0 Å². The topological polar surface area (TPSA) is 42.4 Å². The third-order valence-electron chi connectivity index (χ3n) is 4.48. The van der Waals surface area contributed by atoms with E-state index in [0.717, 1.165) is 0 Å². The molecule has 3 rings (SSSR count). The van der Waals surface area contributed by atoms with Crippen LogP contribution in [-0.2, 0) is 4.79 Å². The van der Waals surface area contributed by atoms with E-state index >= 15 is 0 Å². The molecule has 1 fully saturated rings. The highest BCUT2D eigenvalue weighted by Crippen LogP contribution is 2.46. The summed E-state index contributed by atoms with van der Waals surface area (Å²) in [5.74, 6) is 4.83. The number of alkyl halides is 3. The van der Waals surface area contributed by atoms with Gasteiger partial charge in [0.1, 0.15) is 17.3 Å². The Morgan fingerprint density at radius 2 is 2.25 bits per heavy atom. The lowest BCUT2D eigenvalue weighted by molar-refractivity contribution is -0.149. The molecule has 0 aliphatic carbocycles. The monoisotopic (exact) mass is 338 g/mol. The normalized spacial score (nSPS) is 21.8. The summed E-state index contributed by atoms with van der Waals surface area (Å²) in [4.78, 5) is 18.1. The Morgan fingerprint density at radius 3 is 2.92 bits per heavy atom. The van der Waals surface area contributed by atoms with E-state index in [9.17, 15) is 18.0 Å². The summed E-state index contributed by atoms with van der Waals surface area (Å²) in [6, 6.07) is -0.371. The molecule has 0 radical (unpaired) electrons. The first-order valence-electron chi connectivity index (χ1n) is 7.65. The molecule has 1 amide bonds. The molecule has 2 bridgehead atoms. The second kappa shape index (κ2) is 6.00. The summed E-state index contributed by atoms with van der Waals surface area (Å²) in [6.45, 7) is 1.94. The molecule has 24 heavy (non-hydrogen) atoms. The van der Waals surface area contributed by atoms with Gasteiger partial charge in [-0.05, 0) is 13.8 Å². The summed E-state index contributed by atoms with van der Waals surface area (Å²) in [5.41, 5.74) is -0.688. The van der Waals surface area contributed by atoms with Crippen molar-refractivity contribution < 1.29 is 22.7 Å². The van der Waals surface area contributed by atoms with Crippen LogP contribution < -0.4 is 4.74 Å². The van der Waals surface area contributed by atoms with Crippen molar-refractivity contribution >= 4 is 5.91 Å². The Labute approximate surface area is 138 Å². The molecule has 2 atom stereocenters. The van der Waals surface area contributed by atoms with E-state index in [1.54, 1.807) is 6.20 Å². The number of nitrogens with zero attached hydrogens (tertiary/aromatic N) is 2. The molecule has 128 valence electrons. The van der Waals surface area contributed by atoms with Crippen LogP contribution in [0.5, 0.6) is 5.75 Å². The summed E-state index contributed by atoms with van der Waals surface area (Å²) < 4.78 is 44.6. The summed E-state index contributed by atoms with van der Waals surface area (Å²) in [7, 11) is 0. The van der Waals surface area contributed by atoms with Crippen LogP contribution in [0, 0.1) is 17.3 Å². The third-order valence-corrected chi connectivity index (χ3v) is 4.48. The predicted octanol–water partition coefficient (Wildman–Crippen LogP) is 2.73. The number of hydrogen-bond acceptors (Lipinski definition) is 3. The van der Waals surface area contributed by atoms with Crippen LogP contribution in [0.2, 0.25) is 0 Å². The molecule has 0 saturated carbocycles. The maximum absolute atomic E-state index is 13.2. The number of likely N-dealkylation sites (tertiary alicyclic amines) is 1. The fraction of sp³-hybridized carbons (Fsp3) is 0.529. The molecule has 0 N–H and O–H groups in total. The van der Waals surface area contributed by atoms with Crippen molar-refractivity contribution in [1.29, 1.82) is 0 Å². The largest absolute Gasteiger partial charge is 0.487 e. The smallest absolute Gasteiger partial charge is 0.252 e. The standard InChI is InChI=1S/C17H17F3N2O2/c1-17(2,15(19)20)16(23)22-9-11-6-13(22)12-8-21-7-10(4-3-5-18)14(12)24-11/h7-8,11,13,15H,5-6,9H2,1-2H3/t11-,13-/m0/s1. The zero-order valence-electron chi connectivity index (χ0n) is 13.4. The van der Waals surface area contributed by atoms with Gasteiger partial charge in [-0.2, -0.15) is 0 Å². The van der Waals surface area contributed by atoms with Crippen molar-refractivity contribution in [1.82, 2.24) is 9.88 Å². The van der Waals surface area contributed by atoms with Gasteiger partial charge in [-0.3, -0.25) is 9.78 Å². The maximum Gasteiger partial charge on any atom is 0.252 e.